The quantitative estimate of drug-likeness (QED) is 0.171. The predicted molar refractivity (Wildman–Crippen MR) is 156 cm³/mol. The maximum absolute atomic E-state index is 13.1. The van der Waals surface area contributed by atoms with Gasteiger partial charge in [-0.2, -0.15) is 0 Å². The van der Waals surface area contributed by atoms with E-state index in [2.05, 4.69) is 20.9 Å². The summed E-state index contributed by atoms with van der Waals surface area (Å²) in [7, 11) is 0. The minimum atomic E-state index is -0.626. The number of para-hydroxylation sites is 1. The molecule has 0 atom stereocenters. The van der Waals surface area contributed by atoms with Crippen molar-refractivity contribution in [1.82, 2.24) is 10.3 Å². The van der Waals surface area contributed by atoms with E-state index in [1.165, 1.54) is 11.8 Å². The molecule has 3 aromatic carbocycles. The van der Waals surface area contributed by atoms with Crippen LogP contribution in [0.5, 0.6) is 0 Å². The van der Waals surface area contributed by atoms with Crippen LogP contribution in [-0.4, -0.2) is 34.4 Å². The molecule has 1 heterocycles. The van der Waals surface area contributed by atoms with Crippen LogP contribution in [0.25, 0.3) is 6.08 Å². The van der Waals surface area contributed by atoms with Crippen LogP contribution in [0.1, 0.15) is 26.3 Å². The van der Waals surface area contributed by atoms with Crippen LogP contribution in [0.3, 0.4) is 0 Å². The molecule has 0 radical (unpaired) electrons. The zero-order chi connectivity index (χ0) is 28.3. The van der Waals surface area contributed by atoms with Crippen LogP contribution in [0.4, 0.5) is 11.4 Å². The molecule has 0 aliphatic heterocycles. The number of nitrogens with one attached hydrogen (secondary N) is 3. The molecule has 5 N–H and O–H groups in total. The van der Waals surface area contributed by atoms with Crippen molar-refractivity contribution in [2.75, 3.05) is 16.4 Å². The summed E-state index contributed by atoms with van der Waals surface area (Å²) in [6.07, 6.45) is 4.74. The summed E-state index contributed by atoms with van der Waals surface area (Å²) >= 11 is 1.29. The third-order valence-corrected chi connectivity index (χ3v) is 6.48. The molecule has 40 heavy (non-hydrogen) atoms. The van der Waals surface area contributed by atoms with Gasteiger partial charge in [0, 0.05) is 28.5 Å². The summed E-state index contributed by atoms with van der Waals surface area (Å²) in [5.41, 5.74) is 7.55. The van der Waals surface area contributed by atoms with Gasteiger partial charge in [-0.05, 0) is 66.2 Å². The Morgan fingerprint density at radius 3 is 2.25 bits per heavy atom. The zero-order valence-corrected chi connectivity index (χ0v) is 22.0. The summed E-state index contributed by atoms with van der Waals surface area (Å²) < 4.78 is 0. The number of amides is 4. The van der Waals surface area contributed by atoms with Gasteiger partial charge >= 0.3 is 0 Å². The van der Waals surface area contributed by atoms with Crippen LogP contribution in [0, 0.1) is 0 Å². The predicted octanol–water partition coefficient (Wildman–Crippen LogP) is 4.32. The molecule has 0 fully saturated rings. The number of primary amides is 1. The minimum Gasteiger partial charge on any atom is -0.366 e. The van der Waals surface area contributed by atoms with E-state index in [-0.39, 0.29) is 22.9 Å². The number of carbonyl (C=O) groups is 4. The molecule has 10 heteroatoms. The number of carbonyl (C=O) groups excluding carboxylic acids is 4. The molecule has 0 aliphatic carbocycles. The largest absolute Gasteiger partial charge is 0.366 e. The van der Waals surface area contributed by atoms with Gasteiger partial charge in [-0.1, -0.05) is 36.4 Å². The van der Waals surface area contributed by atoms with Gasteiger partial charge in [-0.3, -0.25) is 24.2 Å². The lowest BCUT2D eigenvalue weighted by Gasteiger charge is -2.12. The van der Waals surface area contributed by atoms with Crippen LogP contribution < -0.4 is 21.7 Å². The Hall–Kier alpha value is -5.22. The highest BCUT2D eigenvalue weighted by Gasteiger charge is 2.15. The van der Waals surface area contributed by atoms with E-state index in [9.17, 15) is 19.2 Å². The second-order valence-electron chi connectivity index (χ2n) is 8.39. The topological polar surface area (TPSA) is 143 Å². The standard InChI is InChI=1S/C30H25N5O4S/c31-28(37)24-10-4-5-11-25(24)34-27(36)19-40-23-14-12-22(13-15-23)33-30(39)26(17-20-7-6-16-32-18-20)35-29(38)21-8-2-1-3-9-21/h1-18H,19H2,(H2,31,37)(H,33,39)(H,34,36)(H,35,38)/b26-17-. The van der Waals surface area contributed by atoms with Crippen molar-refractivity contribution in [2.45, 2.75) is 4.90 Å². The van der Waals surface area contributed by atoms with Crippen LogP contribution in [-0.2, 0) is 9.59 Å². The van der Waals surface area contributed by atoms with E-state index in [0.29, 0.717) is 22.5 Å². The van der Waals surface area contributed by atoms with Gasteiger partial charge in [0.25, 0.3) is 17.7 Å². The molecule has 0 bridgehead atoms. The summed E-state index contributed by atoms with van der Waals surface area (Å²) in [6.45, 7) is 0. The number of thioether (sulfide) groups is 1. The van der Waals surface area contributed by atoms with Crippen LogP contribution in [0.15, 0.2) is 114 Å². The number of hydrogen-bond donors (Lipinski definition) is 4. The monoisotopic (exact) mass is 551 g/mol. The first-order valence-corrected chi connectivity index (χ1v) is 13.1. The van der Waals surface area contributed by atoms with Gasteiger partial charge in [0.2, 0.25) is 5.91 Å². The van der Waals surface area contributed by atoms with Crippen LogP contribution >= 0.6 is 11.8 Å². The van der Waals surface area contributed by atoms with E-state index < -0.39 is 17.7 Å². The fourth-order valence-electron chi connectivity index (χ4n) is 3.55. The van der Waals surface area contributed by atoms with Crippen molar-refractivity contribution in [2.24, 2.45) is 5.73 Å². The lowest BCUT2D eigenvalue weighted by atomic mass is 10.1. The van der Waals surface area contributed by atoms with Crippen molar-refractivity contribution in [1.29, 1.82) is 0 Å². The Morgan fingerprint density at radius 1 is 0.825 bits per heavy atom. The summed E-state index contributed by atoms with van der Waals surface area (Å²) in [6, 6.07) is 25.5. The molecular formula is C30H25N5O4S. The summed E-state index contributed by atoms with van der Waals surface area (Å²) in [5.74, 6) is -1.76. The minimum absolute atomic E-state index is 0.0493. The SMILES string of the molecule is NC(=O)c1ccccc1NC(=O)CSc1ccc(NC(=O)/C(=C/c2cccnc2)NC(=O)c2ccccc2)cc1. The van der Waals surface area contributed by atoms with Crippen molar-refractivity contribution in [3.8, 4) is 0 Å². The van der Waals surface area contributed by atoms with Gasteiger partial charge in [-0.25, -0.2) is 0 Å². The Morgan fingerprint density at radius 2 is 1.55 bits per heavy atom. The molecule has 0 aliphatic rings. The molecule has 0 saturated carbocycles. The Balaban J connectivity index is 1.39. The number of nitrogens with two attached hydrogens (primary N) is 1. The van der Waals surface area contributed by atoms with Crippen molar-refractivity contribution < 1.29 is 19.2 Å². The molecule has 9 nitrogen and oxygen atoms in total. The molecule has 0 spiro atoms. The number of nitrogens with zero attached hydrogens (tertiary/aromatic N) is 1. The fourth-order valence-corrected chi connectivity index (χ4v) is 4.24. The number of anilines is 2. The second-order valence-corrected chi connectivity index (χ2v) is 9.44. The second kappa shape index (κ2) is 13.5. The average Bonchev–Trinajstić information content (AvgIpc) is 2.97. The molecule has 4 aromatic rings. The first-order valence-electron chi connectivity index (χ1n) is 12.1. The van der Waals surface area contributed by atoms with Gasteiger partial charge < -0.3 is 21.7 Å². The summed E-state index contributed by atoms with van der Waals surface area (Å²) in [5, 5.41) is 8.16. The van der Waals surface area contributed by atoms with Crippen molar-refractivity contribution in [3.05, 3.63) is 126 Å². The number of benzene rings is 3. The third kappa shape index (κ3) is 7.89. The fraction of sp³-hybridized carbons (Fsp3) is 0.0333. The van der Waals surface area contributed by atoms with Gasteiger partial charge in [0.1, 0.15) is 5.70 Å². The molecule has 200 valence electrons. The van der Waals surface area contributed by atoms with E-state index >= 15 is 0 Å². The summed E-state index contributed by atoms with van der Waals surface area (Å²) in [4.78, 5) is 54.7. The van der Waals surface area contributed by atoms with Crippen molar-refractivity contribution in [3.63, 3.8) is 0 Å². The van der Waals surface area contributed by atoms with Crippen LogP contribution in [0.2, 0.25) is 0 Å². The Kier molecular flexibility index (Phi) is 9.41. The number of rotatable bonds is 10. The Labute approximate surface area is 234 Å². The lowest BCUT2D eigenvalue weighted by Crippen LogP contribution is -2.30. The zero-order valence-electron chi connectivity index (χ0n) is 21.2. The maximum Gasteiger partial charge on any atom is 0.272 e. The molecule has 1 aromatic heterocycles. The molecular weight excluding hydrogens is 526 g/mol. The smallest absolute Gasteiger partial charge is 0.272 e. The molecule has 0 unspecified atom stereocenters. The average molecular weight is 552 g/mol. The Bertz CT molecular complexity index is 1540. The number of pyridine rings is 1. The van der Waals surface area contributed by atoms with E-state index in [1.807, 2.05) is 0 Å². The molecule has 4 rings (SSSR count). The highest BCUT2D eigenvalue weighted by atomic mass is 32.2. The van der Waals surface area contributed by atoms with E-state index in [4.69, 9.17) is 5.73 Å². The highest BCUT2D eigenvalue weighted by Crippen LogP contribution is 2.22. The molecule has 0 saturated heterocycles. The van der Waals surface area contributed by atoms with E-state index in [0.717, 1.165) is 4.90 Å². The number of aromatic nitrogens is 1. The maximum atomic E-state index is 13.1. The first-order chi connectivity index (χ1) is 19.4. The van der Waals surface area contributed by atoms with E-state index in [1.54, 1.807) is 109 Å². The van der Waals surface area contributed by atoms with Gasteiger partial charge in [0.15, 0.2) is 0 Å². The third-order valence-electron chi connectivity index (χ3n) is 5.47. The number of hydrogen-bond acceptors (Lipinski definition) is 6. The highest BCUT2D eigenvalue weighted by molar-refractivity contribution is 8.00. The normalized spacial score (nSPS) is 10.8. The van der Waals surface area contributed by atoms with Gasteiger partial charge in [-0.15, -0.1) is 11.8 Å². The van der Waals surface area contributed by atoms with Crippen molar-refractivity contribution >= 4 is 52.8 Å². The van der Waals surface area contributed by atoms with Gasteiger partial charge in [0.05, 0.1) is 17.0 Å². The lowest BCUT2D eigenvalue weighted by molar-refractivity contribution is -0.114. The first kappa shape index (κ1) is 27.8. The molecule has 4 amide bonds.